The van der Waals surface area contributed by atoms with Crippen molar-refractivity contribution in [3.8, 4) is 16.9 Å². The molecule has 0 aliphatic heterocycles. The van der Waals surface area contributed by atoms with Crippen LogP contribution in [-0.4, -0.2) is 29.8 Å². The first kappa shape index (κ1) is 22.5. The van der Waals surface area contributed by atoms with Crippen LogP contribution in [0, 0.1) is 0 Å². The molecule has 0 radical (unpaired) electrons. The Morgan fingerprint density at radius 3 is 2.09 bits per heavy atom. The van der Waals surface area contributed by atoms with E-state index in [-0.39, 0.29) is 24.7 Å². The van der Waals surface area contributed by atoms with Crippen molar-refractivity contribution < 1.29 is 33.4 Å². The zero-order chi connectivity index (χ0) is 23.4. The standard InChI is InChI=1S/C24H20NO7P/c26-23(27)22(13-15-9-11-16(12-10-15)32-33(29)30)25-24(28)31-14-21-19-7-3-1-5-17(19)18-6-2-4-8-20(18)21/h1-12,21-22H,13-14H2,(H,25,28)(H,26,27)/t22-/m1/s1. The first-order valence-electron chi connectivity index (χ1n) is 10.2. The lowest BCUT2D eigenvalue weighted by atomic mass is 9.98. The van der Waals surface area contributed by atoms with Crippen molar-refractivity contribution in [2.45, 2.75) is 18.4 Å². The van der Waals surface area contributed by atoms with Crippen LogP contribution in [0.25, 0.3) is 11.1 Å². The Bertz CT molecular complexity index is 1150. The highest BCUT2D eigenvalue weighted by Gasteiger charge is 2.29. The van der Waals surface area contributed by atoms with Gasteiger partial charge in [0.1, 0.15) is 12.6 Å². The Labute approximate surface area is 190 Å². The van der Waals surface area contributed by atoms with Crippen molar-refractivity contribution in [2.24, 2.45) is 0 Å². The minimum absolute atomic E-state index is 0.0106. The SMILES string of the molecule is O=C(N[C@H](Cc1ccc(O[P+](=O)[O-])cc1)C(=O)O)OCC1c2ccccc2-c2ccccc21. The summed E-state index contributed by atoms with van der Waals surface area (Å²) in [4.78, 5) is 34.7. The maximum atomic E-state index is 12.4. The molecule has 33 heavy (non-hydrogen) atoms. The van der Waals surface area contributed by atoms with Gasteiger partial charge in [-0.1, -0.05) is 60.7 Å². The molecule has 0 heterocycles. The van der Waals surface area contributed by atoms with Gasteiger partial charge in [-0.3, -0.25) is 4.52 Å². The minimum atomic E-state index is -3.03. The van der Waals surface area contributed by atoms with Crippen LogP contribution in [0.4, 0.5) is 4.79 Å². The number of carboxylic acid groups (broad SMARTS) is 1. The molecule has 3 aromatic carbocycles. The molecule has 1 aliphatic rings. The third-order valence-electron chi connectivity index (χ3n) is 5.48. The third-order valence-corrected chi connectivity index (χ3v) is 5.84. The van der Waals surface area contributed by atoms with Crippen molar-refractivity contribution >= 4 is 20.3 Å². The van der Waals surface area contributed by atoms with E-state index in [1.54, 1.807) is 0 Å². The number of hydrogen-bond donors (Lipinski definition) is 2. The van der Waals surface area contributed by atoms with Gasteiger partial charge in [-0.2, -0.15) is 0 Å². The van der Waals surface area contributed by atoms with Gasteiger partial charge in [0.2, 0.25) is 0 Å². The third kappa shape index (κ3) is 5.19. The second kappa shape index (κ2) is 9.81. The van der Waals surface area contributed by atoms with E-state index in [1.165, 1.54) is 24.3 Å². The van der Waals surface area contributed by atoms with Crippen molar-refractivity contribution in [3.63, 3.8) is 0 Å². The molecule has 0 saturated carbocycles. The Balaban J connectivity index is 1.39. The number of carbonyl (C=O) groups is 2. The average Bonchev–Trinajstić information content (AvgIpc) is 3.12. The number of nitrogens with one attached hydrogen (secondary N) is 1. The number of fused-ring (bicyclic) bond motifs is 3. The molecule has 1 aliphatic carbocycles. The van der Waals surface area contributed by atoms with Crippen molar-refractivity contribution in [1.29, 1.82) is 0 Å². The van der Waals surface area contributed by atoms with E-state index in [2.05, 4.69) is 9.84 Å². The normalized spacial score (nSPS) is 13.4. The second-order valence-corrected chi connectivity index (χ2v) is 8.15. The van der Waals surface area contributed by atoms with E-state index in [1.807, 2.05) is 48.5 Å². The number of carbonyl (C=O) groups excluding carboxylic acids is 1. The number of alkyl carbamates (subject to hydrolysis) is 1. The number of aliphatic carboxylic acids is 1. The number of carboxylic acids is 1. The van der Waals surface area contributed by atoms with Crippen molar-refractivity contribution in [2.75, 3.05) is 6.61 Å². The lowest BCUT2D eigenvalue weighted by molar-refractivity contribution is -0.178. The number of rotatable bonds is 8. The van der Waals surface area contributed by atoms with E-state index in [0.29, 0.717) is 5.56 Å². The van der Waals surface area contributed by atoms with Crippen LogP contribution in [-0.2, 0) is 20.5 Å². The van der Waals surface area contributed by atoms with E-state index < -0.39 is 26.4 Å². The van der Waals surface area contributed by atoms with Crippen LogP contribution < -0.4 is 14.7 Å². The van der Waals surface area contributed by atoms with Gasteiger partial charge >= 0.3 is 20.3 Å². The lowest BCUT2D eigenvalue weighted by Gasteiger charge is -2.17. The van der Waals surface area contributed by atoms with Crippen LogP contribution in [0.1, 0.15) is 22.6 Å². The number of amides is 1. The Kier molecular flexibility index (Phi) is 6.68. The van der Waals surface area contributed by atoms with E-state index in [4.69, 9.17) is 4.74 Å². The molecule has 0 bridgehead atoms. The molecule has 9 heteroatoms. The molecule has 3 aromatic rings. The highest BCUT2D eigenvalue weighted by atomic mass is 31.1. The fourth-order valence-corrected chi connectivity index (χ4v) is 4.28. The molecule has 4 rings (SSSR count). The Morgan fingerprint density at radius 2 is 1.55 bits per heavy atom. The van der Waals surface area contributed by atoms with E-state index >= 15 is 0 Å². The largest absolute Gasteiger partial charge is 0.558 e. The molecular formula is C24H20NO7P. The summed E-state index contributed by atoms with van der Waals surface area (Å²) in [6.07, 6.45) is -0.837. The fourth-order valence-electron chi connectivity index (χ4n) is 3.99. The highest BCUT2D eigenvalue weighted by Crippen LogP contribution is 2.44. The van der Waals surface area contributed by atoms with Gasteiger partial charge in [0.15, 0.2) is 5.75 Å². The molecule has 168 valence electrons. The summed E-state index contributed by atoms with van der Waals surface area (Å²) in [7, 11) is -3.03. The van der Waals surface area contributed by atoms with Gasteiger partial charge in [-0.15, -0.1) is 0 Å². The van der Waals surface area contributed by atoms with Gasteiger partial charge < -0.3 is 20.1 Å². The zero-order valence-electron chi connectivity index (χ0n) is 17.3. The molecular weight excluding hydrogens is 445 g/mol. The number of benzene rings is 3. The fraction of sp³-hybridized carbons (Fsp3) is 0.167. The zero-order valence-corrected chi connectivity index (χ0v) is 18.2. The molecule has 0 fully saturated rings. The van der Waals surface area contributed by atoms with Crippen LogP contribution in [0.5, 0.6) is 5.75 Å². The van der Waals surface area contributed by atoms with Crippen LogP contribution in [0.2, 0.25) is 0 Å². The van der Waals surface area contributed by atoms with Crippen LogP contribution in [0.15, 0.2) is 72.8 Å². The second-order valence-electron chi connectivity index (χ2n) is 7.52. The van der Waals surface area contributed by atoms with Crippen LogP contribution in [0.3, 0.4) is 0 Å². The molecule has 8 nitrogen and oxygen atoms in total. The van der Waals surface area contributed by atoms with Crippen molar-refractivity contribution in [3.05, 3.63) is 89.5 Å². The Hall–Kier alpha value is -3.74. The quantitative estimate of drug-likeness (QED) is 0.487. The predicted molar refractivity (Wildman–Crippen MR) is 118 cm³/mol. The van der Waals surface area contributed by atoms with Gasteiger partial charge in [0.25, 0.3) is 0 Å². The lowest BCUT2D eigenvalue weighted by Crippen LogP contribution is -2.42. The molecule has 0 spiro atoms. The topological polar surface area (TPSA) is 125 Å². The Morgan fingerprint density at radius 1 is 0.970 bits per heavy atom. The average molecular weight is 465 g/mol. The summed E-state index contributed by atoms with van der Waals surface area (Å²) < 4.78 is 20.6. The van der Waals surface area contributed by atoms with E-state index in [0.717, 1.165) is 22.3 Å². The molecule has 1 amide bonds. The summed E-state index contributed by atoms with van der Waals surface area (Å²) in [5.41, 5.74) is 4.89. The van der Waals surface area contributed by atoms with Gasteiger partial charge in [0, 0.05) is 12.3 Å². The summed E-state index contributed by atoms with van der Waals surface area (Å²) in [5, 5.41) is 11.9. The maximum Gasteiger partial charge on any atom is 0.539 e. The smallest absolute Gasteiger partial charge is 0.539 e. The highest BCUT2D eigenvalue weighted by molar-refractivity contribution is 7.31. The van der Waals surface area contributed by atoms with Gasteiger partial charge in [0.05, 0.1) is 0 Å². The molecule has 0 saturated heterocycles. The number of ether oxygens (including phenoxy) is 1. The first-order chi connectivity index (χ1) is 15.9. The number of hydrogen-bond acceptors (Lipinski definition) is 6. The van der Waals surface area contributed by atoms with Gasteiger partial charge in [-0.25, -0.2) is 9.59 Å². The molecule has 2 atom stereocenters. The first-order valence-corrected chi connectivity index (χ1v) is 11.3. The van der Waals surface area contributed by atoms with Crippen LogP contribution >= 0.6 is 8.25 Å². The summed E-state index contributed by atoms with van der Waals surface area (Å²) in [5.74, 6) is -1.23. The van der Waals surface area contributed by atoms with Crippen molar-refractivity contribution in [1.82, 2.24) is 5.32 Å². The molecule has 2 N–H and O–H groups in total. The molecule has 0 aromatic heterocycles. The summed E-state index contributed by atoms with van der Waals surface area (Å²) >= 11 is 0. The van der Waals surface area contributed by atoms with E-state index in [9.17, 15) is 24.2 Å². The van der Waals surface area contributed by atoms with Gasteiger partial charge in [-0.05, 0) is 44.5 Å². The summed E-state index contributed by atoms with van der Waals surface area (Å²) in [6.45, 7) is 0.0750. The minimum Gasteiger partial charge on any atom is -0.558 e. The summed E-state index contributed by atoms with van der Waals surface area (Å²) in [6, 6.07) is 20.5. The predicted octanol–water partition coefficient (Wildman–Crippen LogP) is 3.62. The monoisotopic (exact) mass is 465 g/mol. The molecule has 1 unspecified atom stereocenters. The maximum absolute atomic E-state index is 12.4.